The Balaban J connectivity index is 1.89. The molecule has 0 aliphatic carbocycles. The highest BCUT2D eigenvalue weighted by Crippen LogP contribution is 2.08. The van der Waals surface area contributed by atoms with Crippen LogP contribution in [0.25, 0.3) is 0 Å². The van der Waals surface area contributed by atoms with E-state index in [-0.39, 0.29) is 11.9 Å². The fraction of sp³-hybridized carbons (Fsp3) is 0.875. The van der Waals surface area contributed by atoms with Crippen LogP contribution < -0.4 is 5.32 Å². The van der Waals surface area contributed by atoms with E-state index in [4.69, 9.17) is 4.74 Å². The number of esters is 1. The van der Waals surface area contributed by atoms with Crippen LogP contribution >= 0.6 is 0 Å². The van der Waals surface area contributed by atoms with E-state index in [0.29, 0.717) is 13.1 Å². The molecule has 1 N–H and O–H groups in total. The minimum absolute atomic E-state index is 0.189. The molecule has 132 valence electrons. The molecule has 3 aliphatic heterocycles. The molecule has 1 unspecified atom stereocenters. The van der Waals surface area contributed by atoms with Crippen molar-refractivity contribution in [2.24, 2.45) is 0 Å². The second kappa shape index (κ2) is 8.08. The maximum absolute atomic E-state index is 12.1. The average Bonchev–Trinajstić information content (AvgIpc) is 2.42. The zero-order valence-corrected chi connectivity index (χ0v) is 14.6. The molecule has 3 fully saturated rings. The Morgan fingerprint density at radius 3 is 2.48 bits per heavy atom. The quantitative estimate of drug-likeness (QED) is 0.682. The lowest BCUT2D eigenvalue weighted by Gasteiger charge is -2.36. The second-order valence-electron chi connectivity index (χ2n) is 7.27. The first-order valence-electron chi connectivity index (χ1n) is 8.48. The summed E-state index contributed by atoms with van der Waals surface area (Å²) in [7, 11) is 0. The molecule has 7 nitrogen and oxygen atoms in total. The number of rotatable bonds is 2. The van der Waals surface area contributed by atoms with E-state index in [0.717, 1.165) is 52.4 Å². The predicted molar refractivity (Wildman–Crippen MR) is 88.2 cm³/mol. The Labute approximate surface area is 138 Å². The minimum atomic E-state index is -0.454. The summed E-state index contributed by atoms with van der Waals surface area (Å²) in [5.74, 6) is 0.0165. The van der Waals surface area contributed by atoms with Gasteiger partial charge in [0, 0.05) is 52.4 Å². The Morgan fingerprint density at radius 1 is 1.09 bits per heavy atom. The van der Waals surface area contributed by atoms with Crippen LogP contribution in [0.4, 0.5) is 0 Å². The van der Waals surface area contributed by atoms with Crippen molar-refractivity contribution in [2.45, 2.75) is 26.4 Å². The van der Waals surface area contributed by atoms with Crippen molar-refractivity contribution in [1.29, 1.82) is 0 Å². The van der Waals surface area contributed by atoms with E-state index in [1.165, 1.54) is 0 Å². The SMILES string of the molecule is CC(C)(C)OC(=O)CN1CCNCCN2CCN(CC1)CC2=O. The summed E-state index contributed by atoms with van der Waals surface area (Å²) in [6.45, 7) is 12.9. The van der Waals surface area contributed by atoms with Crippen LogP contribution in [0, 0.1) is 0 Å². The topological polar surface area (TPSA) is 65.1 Å². The molecule has 3 saturated heterocycles. The van der Waals surface area contributed by atoms with Crippen molar-refractivity contribution in [3.63, 3.8) is 0 Å². The summed E-state index contributed by atoms with van der Waals surface area (Å²) in [4.78, 5) is 30.4. The van der Waals surface area contributed by atoms with Crippen LogP contribution in [0.2, 0.25) is 0 Å². The maximum atomic E-state index is 12.1. The van der Waals surface area contributed by atoms with E-state index < -0.39 is 5.60 Å². The summed E-state index contributed by atoms with van der Waals surface area (Å²) in [6, 6.07) is 0. The van der Waals surface area contributed by atoms with Gasteiger partial charge in [-0.05, 0) is 20.8 Å². The number of carbonyl (C=O) groups is 2. The molecule has 2 bridgehead atoms. The van der Waals surface area contributed by atoms with Crippen LogP contribution in [0.15, 0.2) is 0 Å². The first kappa shape index (κ1) is 18.2. The van der Waals surface area contributed by atoms with Gasteiger partial charge < -0.3 is 15.0 Å². The van der Waals surface area contributed by atoms with E-state index >= 15 is 0 Å². The minimum Gasteiger partial charge on any atom is -0.459 e. The van der Waals surface area contributed by atoms with Crippen LogP contribution in [0.1, 0.15) is 20.8 Å². The molecule has 0 aromatic rings. The van der Waals surface area contributed by atoms with Gasteiger partial charge in [-0.2, -0.15) is 0 Å². The Kier molecular flexibility index (Phi) is 6.38. The van der Waals surface area contributed by atoms with Gasteiger partial charge in [0.2, 0.25) is 5.91 Å². The molecular weight excluding hydrogens is 296 g/mol. The second-order valence-corrected chi connectivity index (χ2v) is 7.27. The summed E-state index contributed by atoms with van der Waals surface area (Å²) in [6.07, 6.45) is 0. The number of amides is 1. The van der Waals surface area contributed by atoms with Crippen molar-refractivity contribution >= 4 is 11.9 Å². The van der Waals surface area contributed by atoms with Crippen LogP contribution in [0.5, 0.6) is 0 Å². The summed E-state index contributed by atoms with van der Waals surface area (Å²) >= 11 is 0. The van der Waals surface area contributed by atoms with Gasteiger partial charge in [0.25, 0.3) is 0 Å². The molecule has 0 aromatic heterocycles. The fourth-order valence-electron chi connectivity index (χ4n) is 2.87. The monoisotopic (exact) mass is 326 g/mol. The van der Waals surface area contributed by atoms with Gasteiger partial charge in [-0.1, -0.05) is 0 Å². The largest absolute Gasteiger partial charge is 0.459 e. The number of carbonyl (C=O) groups excluding carboxylic acids is 2. The van der Waals surface area contributed by atoms with Crippen molar-refractivity contribution in [3.8, 4) is 0 Å². The van der Waals surface area contributed by atoms with Gasteiger partial charge in [0.05, 0.1) is 13.1 Å². The first-order valence-corrected chi connectivity index (χ1v) is 8.48. The molecule has 7 heteroatoms. The lowest BCUT2D eigenvalue weighted by molar-refractivity contribution is -0.156. The summed E-state index contributed by atoms with van der Waals surface area (Å²) in [5.41, 5.74) is -0.454. The molecule has 3 rings (SSSR count). The molecular formula is C16H30N4O3. The molecule has 0 aromatic carbocycles. The molecule has 3 heterocycles. The standard InChI is InChI=1S/C16H30N4O3/c1-16(2,3)23-15(22)13-18-6-4-17-5-7-20-11-10-19(9-8-18)12-14(20)21/h17H,4-13H2,1-3H3. The first-order chi connectivity index (χ1) is 10.8. The van der Waals surface area contributed by atoms with Crippen LogP contribution in [-0.4, -0.2) is 97.6 Å². The lowest BCUT2D eigenvalue weighted by atomic mass is 10.2. The Hall–Kier alpha value is -1.18. The zero-order valence-electron chi connectivity index (χ0n) is 14.6. The van der Waals surface area contributed by atoms with Gasteiger partial charge in [0.15, 0.2) is 0 Å². The molecule has 1 atom stereocenters. The van der Waals surface area contributed by atoms with E-state index in [1.54, 1.807) is 0 Å². The van der Waals surface area contributed by atoms with E-state index in [1.807, 2.05) is 25.7 Å². The molecule has 0 spiro atoms. The van der Waals surface area contributed by atoms with Gasteiger partial charge in [0.1, 0.15) is 5.60 Å². The number of piperazine rings is 1. The van der Waals surface area contributed by atoms with Crippen molar-refractivity contribution in [2.75, 3.05) is 65.4 Å². The van der Waals surface area contributed by atoms with Crippen molar-refractivity contribution in [3.05, 3.63) is 0 Å². The zero-order chi connectivity index (χ0) is 16.9. The third-order valence-corrected chi connectivity index (χ3v) is 4.07. The van der Waals surface area contributed by atoms with Crippen LogP contribution in [0.3, 0.4) is 0 Å². The number of hydrogen-bond acceptors (Lipinski definition) is 6. The Bertz CT molecular complexity index is 420. The smallest absolute Gasteiger partial charge is 0.320 e. The Morgan fingerprint density at radius 2 is 1.78 bits per heavy atom. The third-order valence-electron chi connectivity index (χ3n) is 4.07. The number of ether oxygens (including phenoxy) is 1. The van der Waals surface area contributed by atoms with Gasteiger partial charge in [-0.25, -0.2) is 0 Å². The van der Waals surface area contributed by atoms with E-state index in [2.05, 4.69) is 15.1 Å². The van der Waals surface area contributed by atoms with E-state index in [9.17, 15) is 9.59 Å². The number of fused-ring (bicyclic) bond motifs is 9. The molecule has 3 aliphatic rings. The van der Waals surface area contributed by atoms with Gasteiger partial charge >= 0.3 is 5.97 Å². The maximum Gasteiger partial charge on any atom is 0.320 e. The molecule has 23 heavy (non-hydrogen) atoms. The highest BCUT2D eigenvalue weighted by molar-refractivity contribution is 5.79. The average molecular weight is 326 g/mol. The number of nitrogens with zero attached hydrogens (tertiary/aromatic N) is 3. The summed E-state index contributed by atoms with van der Waals surface area (Å²) in [5, 5.41) is 3.36. The van der Waals surface area contributed by atoms with Gasteiger partial charge in [-0.15, -0.1) is 0 Å². The molecule has 0 radical (unpaired) electrons. The number of nitrogens with one attached hydrogen (secondary N) is 1. The molecule has 0 saturated carbocycles. The van der Waals surface area contributed by atoms with Gasteiger partial charge in [-0.3, -0.25) is 19.4 Å². The van der Waals surface area contributed by atoms with Crippen molar-refractivity contribution in [1.82, 2.24) is 20.0 Å². The predicted octanol–water partition coefficient (Wildman–Crippen LogP) is -0.622. The summed E-state index contributed by atoms with van der Waals surface area (Å²) < 4.78 is 5.42. The normalized spacial score (nSPS) is 24.9. The fourth-order valence-corrected chi connectivity index (χ4v) is 2.87. The lowest BCUT2D eigenvalue weighted by Crippen LogP contribution is -2.54. The van der Waals surface area contributed by atoms with Crippen molar-refractivity contribution < 1.29 is 14.3 Å². The third kappa shape index (κ3) is 6.45. The highest BCUT2D eigenvalue weighted by atomic mass is 16.6. The molecule has 1 amide bonds. The number of hydrogen-bond donors (Lipinski definition) is 1. The highest BCUT2D eigenvalue weighted by Gasteiger charge is 2.25. The van der Waals surface area contributed by atoms with Crippen LogP contribution in [-0.2, 0) is 14.3 Å².